The van der Waals surface area contributed by atoms with Crippen LogP contribution in [0, 0.1) is 5.92 Å². The quantitative estimate of drug-likeness (QED) is 0.727. The fraction of sp³-hybridized carbons (Fsp3) is 0.857. The maximum Gasteiger partial charge on any atom is 0.407 e. The first kappa shape index (κ1) is 15.8. The van der Waals surface area contributed by atoms with Crippen molar-refractivity contribution in [3.8, 4) is 0 Å². The Kier molecular flexibility index (Phi) is 6.12. The Morgan fingerprint density at radius 1 is 1.37 bits per heavy atom. The van der Waals surface area contributed by atoms with Gasteiger partial charge in [-0.2, -0.15) is 0 Å². The third-order valence-electron chi connectivity index (χ3n) is 3.02. The number of hydrogen-bond acceptors (Lipinski definition) is 3. The van der Waals surface area contributed by atoms with Gasteiger partial charge in [0.2, 0.25) is 5.91 Å². The van der Waals surface area contributed by atoms with E-state index in [9.17, 15) is 9.59 Å². The van der Waals surface area contributed by atoms with Crippen LogP contribution in [0.25, 0.3) is 0 Å². The molecule has 0 aromatic carbocycles. The number of carbonyl (C=O) groups is 2. The van der Waals surface area contributed by atoms with Gasteiger partial charge in [-0.25, -0.2) is 4.79 Å². The summed E-state index contributed by atoms with van der Waals surface area (Å²) in [6.45, 7) is 7.03. The van der Waals surface area contributed by atoms with Crippen LogP contribution in [-0.2, 0) is 9.53 Å². The van der Waals surface area contributed by atoms with Gasteiger partial charge < -0.3 is 15.4 Å². The van der Waals surface area contributed by atoms with E-state index in [0.717, 1.165) is 32.2 Å². The summed E-state index contributed by atoms with van der Waals surface area (Å²) in [6, 6.07) is 0. The second-order valence-electron chi connectivity index (χ2n) is 6.15. The first-order valence-corrected chi connectivity index (χ1v) is 7.10. The lowest BCUT2D eigenvalue weighted by Crippen LogP contribution is -2.32. The Labute approximate surface area is 115 Å². The third-order valence-corrected chi connectivity index (χ3v) is 3.02. The fourth-order valence-corrected chi connectivity index (χ4v) is 2.11. The number of hydrogen-bond donors (Lipinski definition) is 2. The number of alkyl carbamates (subject to hydrolysis) is 1. The van der Waals surface area contributed by atoms with Gasteiger partial charge in [0, 0.05) is 19.5 Å². The highest BCUT2D eigenvalue weighted by Crippen LogP contribution is 2.16. The van der Waals surface area contributed by atoms with Crippen molar-refractivity contribution in [2.24, 2.45) is 5.92 Å². The molecule has 0 spiro atoms. The van der Waals surface area contributed by atoms with Crippen molar-refractivity contribution in [3.05, 3.63) is 0 Å². The minimum atomic E-state index is -0.438. The van der Waals surface area contributed by atoms with Crippen LogP contribution in [-0.4, -0.2) is 30.7 Å². The SMILES string of the molecule is CC(C)(C)OC(=O)NCCCCCC1CNC(=O)C1. The highest BCUT2D eigenvalue weighted by atomic mass is 16.6. The van der Waals surface area contributed by atoms with Crippen LogP contribution in [0.3, 0.4) is 0 Å². The Morgan fingerprint density at radius 2 is 2.11 bits per heavy atom. The molecule has 0 saturated carbocycles. The Balaban J connectivity index is 1.94. The molecular formula is C14H26N2O3. The number of amides is 2. The lowest BCUT2D eigenvalue weighted by molar-refractivity contribution is -0.119. The molecule has 0 radical (unpaired) electrons. The molecule has 5 nitrogen and oxygen atoms in total. The summed E-state index contributed by atoms with van der Waals surface area (Å²) in [7, 11) is 0. The van der Waals surface area contributed by atoms with Crippen molar-refractivity contribution in [3.63, 3.8) is 0 Å². The Hall–Kier alpha value is -1.26. The molecule has 1 aliphatic heterocycles. The summed E-state index contributed by atoms with van der Waals surface area (Å²) in [4.78, 5) is 22.4. The molecule has 0 aromatic rings. The van der Waals surface area contributed by atoms with E-state index in [1.54, 1.807) is 0 Å². The van der Waals surface area contributed by atoms with Gasteiger partial charge >= 0.3 is 6.09 Å². The molecule has 1 rings (SSSR count). The van der Waals surface area contributed by atoms with Crippen LogP contribution >= 0.6 is 0 Å². The fourth-order valence-electron chi connectivity index (χ4n) is 2.11. The summed E-state index contributed by atoms with van der Waals surface area (Å²) in [5, 5.41) is 5.59. The van der Waals surface area contributed by atoms with E-state index in [-0.39, 0.29) is 12.0 Å². The molecular weight excluding hydrogens is 244 g/mol. The molecule has 1 saturated heterocycles. The zero-order valence-corrected chi connectivity index (χ0v) is 12.3. The molecule has 110 valence electrons. The van der Waals surface area contributed by atoms with Crippen molar-refractivity contribution in [2.75, 3.05) is 13.1 Å². The molecule has 1 fully saturated rings. The summed E-state index contributed by atoms with van der Waals surface area (Å²) in [6.07, 6.45) is 4.54. The number of unbranched alkanes of at least 4 members (excludes halogenated alkanes) is 2. The molecule has 0 bridgehead atoms. The van der Waals surface area contributed by atoms with Gasteiger partial charge in [-0.05, 0) is 39.5 Å². The molecule has 2 amide bonds. The van der Waals surface area contributed by atoms with Crippen molar-refractivity contribution in [1.82, 2.24) is 10.6 Å². The minimum Gasteiger partial charge on any atom is -0.444 e. The van der Waals surface area contributed by atoms with Crippen LogP contribution in [0.1, 0.15) is 52.9 Å². The molecule has 1 heterocycles. The van der Waals surface area contributed by atoms with Crippen molar-refractivity contribution >= 4 is 12.0 Å². The number of rotatable bonds is 6. The molecule has 1 unspecified atom stereocenters. The highest BCUT2D eigenvalue weighted by molar-refractivity contribution is 5.78. The molecule has 2 N–H and O–H groups in total. The largest absolute Gasteiger partial charge is 0.444 e. The van der Waals surface area contributed by atoms with Gasteiger partial charge in [-0.1, -0.05) is 12.8 Å². The molecule has 1 atom stereocenters. The normalized spacial score (nSPS) is 19.1. The standard InChI is InChI=1S/C14H26N2O3/c1-14(2,3)19-13(18)15-8-6-4-5-7-11-9-12(17)16-10-11/h11H,4-10H2,1-3H3,(H,15,18)(H,16,17). The number of ether oxygens (including phenoxy) is 1. The van der Waals surface area contributed by atoms with E-state index in [1.165, 1.54) is 0 Å². The maximum absolute atomic E-state index is 11.4. The summed E-state index contributed by atoms with van der Waals surface area (Å²) in [5.74, 6) is 0.683. The van der Waals surface area contributed by atoms with Crippen molar-refractivity contribution in [1.29, 1.82) is 0 Å². The zero-order valence-electron chi connectivity index (χ0n) is 12.3. The van der Waals surface area contributed by atoms with E-state index in [4.69, 9.17) is 4.74 Å². The van der Waals surface area contributed by atoms with Gasteiger partial charge in [-0.15, -0.1) is 0 Å². The topological polar surface area (TPSA) is 67.4 Å². The van der Waals surface area contributed by atoms with Gasteiger partial charge in [0.25, 0.3) is 0 Å². The van der Waals surface area contributed by atoms with Crippen LogP contribution in [0.15, 0.2) is 0 Å². The van der Waals surface area contributed by atoms with Crippen LogP contribution in [0.4, 0.5) is 4.79 Å². The van der Waals surface area contributed by atoms with Gasteiger partial charge in [0.05, 0.1) is 0 Å². The van der Waals surface area contributed by atoms with E-state index >= 15 is 0 Å². The number of carbonyl (C=O) groups excluding carboxylic acids is 2. The molecule has 0 aliphatic carbocycles. The van der Waals surface area contributed by atoms with E-state index in [2.05, 4.69) is 10.6 Å². The molecule has 1 aliphatic rings. The lowest BCUT2D eigenvalue weighted by atomic mass is 10.0. The highest BCUT2D eigenvalue weighted by Gasteiger charge is 2.20. The van der Waals surface area contributed by atoms with Crippen LogP contribution in [0.2, 0.25) is 0 Å². The van der Waals surface area contributed by atoms with E-state index < -0.39 is 5.60 Å². The molecule has 0 aromatic heterocycles. The predicted molar refractivity (Wildman–Crippen MR) is 73.8 cm³/mol. The third kappa shape index (κ3) is 7.70. The van der Waals surface area contributed by atoms with Crippen LogP contribution in [0.5, 0.6) is 0 Å². The number of nitrogens with one attached hydrogen (secondary N) is 2. The van der Waals surface area contributed by atoms with Crippen molar-refractivity contribution < 1.29 is 14.3 Å². The van der Waals surface area contributed by atoms with Crippen molar-refractivity contribution in [2.45, 2.75) is 58.5 Å². The minimum absolute atomic E-state index is 0.177. The van der Waals surface area contributed by atoms with Gasteiger partial charge in [0.15, 0.2) is 0 Å². The second kappa shape index (κ2) is 7.36. The Bertz CT molecular complexity index is 310. The first-order chi connectivity index (χ1) is 8.87. The lowest BCUT2D eigenvalue weighted by Gasteiger charge is -2.19. The van der Waals surface area contributed by atoms with E-state index in [1.807, 2.05) is 20.8 Å². The van der Waals surface area contributed by atoms with E-state index in [0.29, 0.717) is 18.9 Å². The summed E-state index contributed by atoms with van der Waals surface area (Å²) in [5.41, 5.74) is -0.438. The average molecular weight is 270 g/mol. The monoisotopic (exact) mass is 270 g/mol. The van der Waals surface area contributed by atoms with Gasteiger partial charge in [-0.3, -0.25) is 4.79 Å². The summed E-state index contributed by atoms with van der Waals surface area (Å²) < 4.78 is 5.14. The molecule has 19 heavy (non-hydrogen) atoms. The first-order valence-electron chi connectivity index (χ1n) is 7.10. The second-order valence-corrected chi connectivity index (χ2v) is 6.15. The van der Waals surface area contributed by atoms with Gasteiger partial charge in [0.1, 0.15) is 5.60 Å². The smallest absolute Gasteiger partial charge is 0.407 e. The zero-order chi connectivity index (χ0) is 14.3. The maximum atomic E-state index is 11.4. The average Bonchev–Trinajstić information content (AvgIpc) is 2.67. The van der Waals surface area contributed by atoms with Crippen LogP contribution < -0.4 is 10.6 Å². The predicted octanol–water partition coefficient (Wildman–Crippen LogP) is 2.21. The molecule has 5 heteroatoms. The summed E-state index contributed by atoms with van der Waals surface area (Å²) >= 11 is 0. The Morgan fingerprint density at radius 3 is 2.68 bits per heavy atom.